The number of aromatic nitrogens is 1. The van der Waals surface area contributed by atoms with E-state index < -0.39 is 10.0 Å². The van der Waals surface area contributed by atoms with Gasteiger partial charge in [0.25, 0.3) is 0 Å². The maximum Gasteiger partial charge on any atom is 0.249 e. The molecule has 0 aliphatic rings. The van der Waals surface area contributed by atoms with Crippen LogP contribution in [0.3, 0.4) is 0 Å². The first-order chi connectivity index (χ1) is 8.67. The standard InChI is InChI=1S/C11H22N4O2S2/c1-7(2)8(3)6-13-11-9(10(12)14-18-11)19(16,17)15(4)5/h7-8,13H,6H2,1-5H3,(H2,12,14). The van der Waals surface area contributed by atoms with Crippen molar-refractivity contribution < 1.29 is 8.42 Å². The number of anilines is 2. The lowest BCUT2D eigenvalue weighted by atomic mass is 9.98. The summed E-state index contributed by atoms with van der Waals surface area (Å²) in [6, 6.07) is 0. The van der Waals surface area contributed by atoms with Crippen molar-refractivity contribution >= 4 is 32.4 Å². The minimum absolute atomic E-state index is 0.0541. The highest BCUT2D eigenvalue weighted by molar-refractivity contribution is 7.89. The van der Waals surface area contributed by atoms with Crippen LogP contribution in [-0.4, -0.2) is 37.7 Å². The second-order valence-electron chi connectivity index (χ2n) is 5.12. The highest BCUT2D eigenvalue weighted by Crippen LogP contribution is 2.33. The average molecular weight is 306 g/mol. The second-order valence-corrected chi connectivity index (χ2v) is 7.98. The van der Waals surface area contributed by atoms with E-state index in [1.165, 1.54) is 14.1 Å². The number of nitrogens with two attached hydrogens (primary N) is 1. The van der Waals surface area contributed by atoms with Crippen LogP contribution >= 0.6 is 11.5 Å². The van der Waals surface area contributed by atoms with Gasteiger partial charge in [-0.2, -0.15) is 4.37 Å². The quantitative estimate of drug-likeness (QED) is 0.835. The maximum atomic E-state index is 12.2. The molecule has 1 aromatic heterocycles. The lowest BCUT2D eigenvalue weighted by Gasteiger charge is -2.17. The predicted octanol–water partition coefficient (Wildman–Crippen LogP) is 1.68. The fourth-order valence-electron chi connectivity index (χ4n) is 1.33. The van der Waals surface area contributed by atoms with Gasteiger partial charge in [0.15, 0.2) is 10.7 Å². The molecule has 0 saturated carbocycles. The second kappa shape index (κ2) is 6.06. The molecular formula is C11H22N4O2S2. The average Bonchev–Trinajstić information content (AvgIpc) is 2.67. The summed E-state index contributed by atoms with van der Waals surface area (Å²) in [5, 5.41) is 3.66. The van der Waals surface area contributed by atoms with Gasteiger partial charge in [-0.05, 0) is 23.4 Å². The normalized spacial score (nSPS) is 14.1. The van der Waals surface area contributed by atoms with Gasteiger partial charge in [0.05, 0.1) is 0 Å². The molecule has 1 unspecified atom stereocenters. The maximum absolute atomic E-state index is 12.2. The number of hydrogen-bond acceptors (Lipinski definition) is 6. The van der Waals surface area contributed by atoms with Crippen LogP contribution in [0.15, 0.2) is 4.90 Å². The highest BCUT2D eigenvalue weighted by Gasteiger charge is 2.27. The zero-order valence-corrected chi connectivity index (χ0v) is 13.6. The molecule has 8 heteroatoms. The van der Waals surface area contributed by atoms with Crippen molar-refractivity contribution in [3.05, 3.63) is 0 Å². The Bertz CT molecular complexity index is 523. The number of hydrogen-bond donors (Lipinski definition) is 2. The van der Waals surface area contributed by atoms with Crippen LogP contribution < -0.4 is 11.1 Å². The lowest BCUT2D eigenvalue weighted by molar-refractivity contribution is 0.440. The molecule has 1 heterocycles. The molecule has 0 radical (unpaired) electrons. The van der Waals surface area contributed by atoms with Crippen molar-refractivity contribution in [3.63, 3.8) is 0 Å². The summed E-state index contributed by atoms with van der Waals surface area (Å²) in [6.07, 6.45) is 0. The van der Waals surface area contributed by atoms with E-state index in [4.69, 9.17) is 5.73 Å². The molecule has 3 N–H and O–H groups in total. The molecule has 0 aliphatic carbocycles. The van der Waals surface area contributed by atoms with Crippen LogP contribution in [0.4, 0.5) is 10.8 Å². The number of nitrogen functional groups attached to an aromatic ring is 1. The van der Waals surface area contributed by atoms with Crippen molar-refractivity contribution in [2.75, 3.05) is 31.7 Å². The molecule has 0 spiro atoms. The van der Waals surface area contributed by atoms with E-state index in [0.29, 0.717) is 23.4 Å². The molecular weight excluding hydrogens is 284 g/mol. The molecule has 110 valence electrons. The summed E-state index contributed by atoms with van der Waals surface area (Å²) in [7, 11) is -0.611. The Balaban J connectivity index is 3.00. The van der Waals surface area contributed by atoms with Gasteiger partial charge < -0.3 is 11.1 Å². The van der Waals surface area contributed by atoms with Crippen molar-refractivity contribution in [1.82, 2.24) is 8.68 Å². The number of nitrogens with zero attached hydrogens (tertiary/aromatic N) is 2. The van der Waals surface area contributed by atoms with Gasteiger partial charge in [-0.25, -0.2) is 12.7 Å². The van der Waals surface area contributed by atoms with E-state index in [1.807, 2.05) is 0 Å². The molecule has 1 atom stereocenters. The van der Waals surface area contributed by atoms with E-state index >= 15 is 0 Å². The van der Waals surface area contributed by atoms with Gasteiger partial charge in [0.2, 0.25) is 10.0 Å². The van der Waals surface area contributed by atoms with Gasteiger partial charge in [-0.1, -0.05) is 20.8 Å². The molecule has 19 heavy (non-hydrogen) atoms. The van der Waals surface area contributed by atoms with Crippen LogP contribution in [0.1, 0.15) is 20.8 Å². The molecule has 0 bridgehead atoms. The van der Waals surface area contributed by atoms with Crippen LogP contribution in [0.2, 0.25) is 0 Å². The van der Waals surface area contributed by atoms with Gasteiger partial charge in [0, 0.05) is 20.6 Å². The third kappa shape index (κ3) is 3.58. The molecule has 0 saturated heterocycles. The molecule has 1 aromatic rings. The first-order valence-corrected chi connectivity index (χ1v) is 8.30. The zero-order valence-electron chi connectivity index (χ0n) is 12.0. The first-order valence-electron chi connectivity index (χ1n) is 6.09. The number of rotatable bonds is 6. The fraction of sp³-hybridized carbons (Fsp3) is 0.727. The Labute approximate surface area is 119 Å². The largest absolute Gasteiger partial charge is 0.382 e. The Morgan fingerprint density at radius 1 is 1.37 bits per heavy atom. The van der Waals surface area contributed by atoms with Crippen molar-refractivity contribution in [1.29, 1.82) is 0 Å². The third-order valence-corrected chi connectivity index (χ3v) is 5.97. The lowest BCUT2D eigenvalue weighted by Crippen LogP contribution is -2.24. The molecule has 0 amide bonds. The predicted molar refractivity (Wildman–Crippen MR) is 79.9 cm³/mol. The smallest absolute Gasteiger partial charge is 0.249 e. The summed E-state index contributed by atoms with van der Waals surface area (Å²) in [4.78, 5) is 0.0819. The van der Waals surface area contributed by atoms with Crippen LogP contribution in [0, 0.1) is 11.8 Å². The Morgan fingerprint density at radius 3 is 2.42 bits per heavy atom. The van der Waals surface area contributed by atoms with Gasteiger partial charge in [0.1, 0.15) is 5.00 Å². The topological polar surface area (TPSA) is 88.3 Å². The molecule has 0 aliphatic heterocycles. The zero-order chi connectivity index (χ0) is 14.8. The van der Waals surface area contributed by atoms with Gasteiger partial charge in [-0.3, -0.25) is 0 Å². The monoisotopic (exact) mass is 306 g/mol. The van der Waals surface area contributed by atoms with E-state index in [9.17, 15) is 8.42 Å². The fourth-order valence-corrected chi connectivity index (χ4v) is 3.41. The van der Waals surface area contributed by atoms with E-state index in [1.54, 1.807) is 0 Å². The highest BCUT2D eigenvalue weighted by atomic mass is 32.2. The van der Waals surface area contributed by atoms with E-state index in [0.717, 1.165) is 15.8 Å². The van der Waals surface area contributed by atoms with Gasteiger partial charge in [-0.15, -0.1) is 0 Å². The van der Waals surface area contributed by atoms with Crippen LogP contribution in [0.25, 0.3) is 0 Å². The number of sulfonamides is 1. The molecule has 0 aromatic carbocycles. The molecule has 0 fully saturated rings. The summed E-state index contributed by atoms with van der Waals surface area (Å²) in [5.74, 6) is 1.00. The van der Waals surface area contributed by atoms with Crippen LogP contribution in [0.5, 0.6) is 0 Å². The van der Waals surface area contributed by atoms with E-state index in [-0.39, 0.29) is 10.7 Å². The number of nitrogens with one attached hydrogen (secondary N) is 1. The Hall–Kier alpha value is -0.860. The minimum Gasteiger partial charge on any atom is -0.382 e. The van der Waals surface area contributed by atoms with E-state index in [2.05, 4.69) is 30.5 Å². The summed E-state index contributed by atoms with van der Waals surface area (Å²) < 4.78 is 29.5. The minimum atomic E-state index is -3.57. The van der Waals surface area contributed by atoms with Gasteiger partial charge >= 0.3 is 0 Å². The SMILES string of the molecule is CC(C)C(C)CNc1snc(N)c1S(=O)(=O)N(C)C. The van der Waals surface area contributed by atoms with Crippen molar-refractivity contribution in [2.24, 2.45) is 11.8 Å². The Morgan fingerprint density at radius 2 is 1.95 bits per heavy atom. The Kier molecular flexibility index (Phi) is 5.17. The summed E-state index contributed by atoms with van der Waals surface area (Å²) >= 11 is 1.08. The molecule has 6 nitrogen and oxygen atoms in total. The van der Waals surface area contributed by atoms with Crippen molar-refractivity contribution in [3.8, 4) is 0 Å². The first kappa shape index (κ1) is 16.2. The molecule has 1 rings (SSSR count). The summed E-state index contributed by atoms with van der Waals surface area (Å²) in [6.45, 7) is 7.06. The third-order valence-electron chi connectivity index (χ3n) is 3.14. The van der Waals surface area contributed by atoms with Crippen LogP contribution in [-0.2, 0) is 10.0 Å². The van der Waals surface area contributed by atoms with Crippen molar-refractivity contribution in [2.45, 2.75) is 25.7 Å². The summed E-state index contributed by atoms with van der Waals surface area (Å²) in [5.41, 5.74) is 5.68.